The third kappa shape index (κ3) is 8.61. The molecule has 2 aliphatic rings. The van der Waals surface area contributed by atoms with Gasteiger partial charge in [0.1, 0.15) is 0 Å². The number of carbonyl (C=O) groups is 1. The van der Waals surface area contributed by atoms with Crippen molar-refractivity contribution in [2.24, 2.45) is 5.92 Å². The summed E-state index contributed by atoms with van der Waals surface area (Å²) in [5.74, 6) is 3.16. The Labute approximate surface area is 180 Å². The summed E-state index contributed by atoms with van der Waals surface area (Å²) in [5.41, 5.74) is 2.54. The van der Waals surface area contributed by atoms with Gasteiger partial charge in [0.15, 0.2) is 0 Å². The SMILES string of the molecule is CC1CCCN(Cc2ccc(CNC(=O)CC3CSCCN3)cc2)C1.Cl.Cl. The summed E-state index contributed by atoms with van der Waals surface area (Å²) < 4.78 is 0. The Bertz CT molecular complexity index is 553. The Balaban J connectivity index is 0.00000182. The fourth-order valence-corrected chi connectivity index (χ4v) is 4.65. The summed E-state index contributed by atoms with van der Waals surface area (Å²) in [6.45, 7) is 7.46. The number of carbonyl (C=O) groups excluding carboxylic acids is 1. The standard InChI is InChI=1S/C20H31N3OS.2ClH/c1-16-3-2-9-23(13-16)14-18-6-4-17(5-7-18)12-22-20(24)11-19-15-25-10-8-21-19;;/h4-7,16,19,21H,2-3,8-15H2,1H3,(H,22,24);2*1H. The van der Waals surface area contributed by atoms with Crippen LogP contribution in [-0.2, 0) is 17.9 Å². The molecule has 1 aromatic carbocycles. The molecular formula is C20H33Cl2N3OS. The summed E-state index contributed by atoms with van der Waals surface area (Å²) in [6, 6.07) is 9.04. The molecule has 2 N–H and O–H groups in total. The third-order valence-corrected chi connectivity index (χ3v) is 6.22. The van der Waals surface area contributed by atoms with Crippen molar-refractivity contribution in [1.29, 1.82) is 0 Å². The molecule has 0 radical (unpaired) electrons. The van der Waals surface area contributed by atoms with Crippen LogP contribution in [0.2, 0.25) is 0 Å². The molecule has 0 aromatic heterocycles. The van der Waals surface area contributed by atoms with E-state index in [4.69, 9.17) is 0 Å². The minimum atomic E-state index is 0. The summed E-state index contributed by atoms with van der Waals surface area (Å²) >= 11 is 1.93. The monoisotopic (exact) mass is 433 g/mol. The first-order chi connectivity index (χ1) is 12.2. The van der Waals surface area contributed by atoms with Crippen LogP contribution in [0, 0.1) is 5.92 Å². The maximum atomic E-state index is 12.1. The maximum absolute atomic E-state index is 12.1. The number of hydrogen-bond acceptors (Lipinski definition) is 4. The van der Waals surface area contributed by atoms with Gasteiger partial charge in [-0.25, -0.2) is 0 Å². The molecule has 154 valence electrons. The zero-order chi connectivity index (χ0) is 17.5. The molecule has 2 fully saturated rings. The Hall–Kier alpha value is -0.460. The quantitative estimate of drug-likeness (QED) is 0.720. The number of halogens is 2. The lowest BCUT2D eigenvalue weighted by molar-refractivity contribution is -0.121. The smallest absolute Gasteiger partial charge is 0.221 e. The lowest BCUT2D eigenvalue weighted by atomic mass is 9.99. The normalized spacial score (nSPS) is 23.0. The molecule has 7 heteroatoms. The van der Waals surface area contributed by atoms with E-state index in [9.17, 15) is 4.79 Å². The van der Waals surface area contributed by atoms with Gasteiger partial charge in [0.25, 0.3) is 0 Å². The van der Waals surface area contributed by atoms with Gasteiger partial charge in [-0.3, -0.25) is 9.69 Å². The molecule has 0 spiro atoms. The number of likely N-dealkylation sites (tertiary alicyclic amines) is 1. The van der Waals surface area contributed by atoms with Crippen LogP contribution in [0.3, 0.4) is 0 Å². The largest absolute Gasteiger partial charge is 0.352 e. The Kier molecular flexibility index (Phi) is 11.7. The van der Waals surface area contributed by atoms with E-state index in [1.807, 2.05) is 11.8 Å². The molecule has 3 rings (SSSR count). The molecule has 0 aliphatic carbocycles. The molecule has 1 aromatic rings. The van der Waals surface area contributed by atoms with Gasteiger partial charge >= 0.3 is 0 Å². The zero-order valence-corrected chi connectivity index (χ0v) is 18.6. The highest BCUT2D eigenvalue weighted by atomic mass is 35.5. The number of hydrogen-bond donors (Lipinski definition) is 2. The highest BCUT2D eigenvalue weighted by Gasteiger charge is 2.17. The van der Waals surface area contributed by atoms with Crippen LogP contribution < -0.4 is 10.6 Å². The number of piperidine rings is 1. The first kappa shape index (κ1) is 24.6. The molecule has 0 bridgehead atoms. The highest BCUT2D eigenvalue weighted by molar-refractivity contribution is 7.99. The first-order valence-corrected chi connectivity index (χ1v) is 10.7. The lowest BCUT2D eigenvalue weighted by Gasteiger charge is -2.30. The van der Waals surface area contributed by atoms with Crippen molar-refractivity contribution in [1.82, 2.24) is 15.5 Å². The van der Waals surface area contributed by atoms with Crippen LogP contribution in [0.15, 0.2) is 24.3 Å². The average Bonchev–Trinajstić information content (AvgIpc) is 2.62. The molecular weight excluding hydrogens is 401 g/mol. The van der Waals surface area contributed by atoms with Crippen molar-refractivity contribution in [2.45, 2.75) is 45.3 Å². The van der Waals surface area contributed by atoms with Gasteiger partial charge in [-0.2, -0.15) is 11.8 Å². The third-order valence-electron chi connectivity index (χ3n) is 5.09. The number of thioether (sulfide) groups is 1. The van der Waals surface area contributed by atoms with Gasteiger partial charge in [0, 0.05) is 50.1 Å². The van der Waals surface area contributed by atoms with Gasteiger partial charge in [-0.05, 0) is 36.4 Å². The predicted octanol–water partition coefficient (Wildman–Crippen LogP) is 3.47. The summed E-state index contributed by atoms with van der Waals surface area (Å²) in [4.78, 5) is 14.6. The fraction of sp³-hybridized carbons (Fsp3) is 0.650. The van der Waals surface area contributed by atoms with E-state index in [1.165, 1.54) is 37.1 Å². The molecule has 2 aliphatic heterocycles. The Morgan fingerprint density at radius 3 is 2.67 bits per heavy atom. The second-order valence-corrected chi connectivity index (χ2v) is 8.66. The van der Waals surface area contributed by atoms with Crippen molar-refractivity contribution >= 4 is 42.5 Å². The summed E-state index contributed by atoms with van der Waals surface area (Å²) in [6.07, 6.45) is 3.27. The number of nitrogens with one attached hydrogen (secondary N) is 2. The van der Waals surface area contributed by atoms with Crippen LogP contribution in [0.1, 0.15) is 37.3 Å². The van der Waals surface area contributed by atoms with E-state index >= 15 is 0 Å². The molecule has 0 saturated carbocycles. The first-order valence-electron chi connectivity index (χ1n) is 9.57. The van der Waals surface area contributed by atoms with Crippen molar-refractivity contribution in [3.63, 3.8) is 0 Å². The number of nitrogens with zero attached hydrogens (tertiary/aromatic N) is 1. The minimum Gasteiger partial charge on any atom is -0.352 e. The van der Waals surface area contributed by atoms with E-state index in [0.717, 1.165) is 30.5 Å². The predicted molar refractivity (Wildman–Crippen MR) is 120 cm³/mol. The highest BCUT2D eigenvalue weighted by Crippen LogP contribution is 2.18. The van der Waals surface area contributed by atoms with Crippen LogP contribution in [0.25, 0.3) is 0 Å². The molecule has 1 amide bonds. The molecule has 27 heavy (non-hydrogen) atoms. The summed E-state index contributed by atoms with van der Waals surface area (Å²) in [5, 5.41) is 6.47. The van der Waals surface area contributed by atoms with E-state index < -0.39 is 0 Å². The topological polar surface area (TPSA) is 44.4 Å². The second-order valence-electron chi connectivity index (χ2n) is 7.51. The van der Waals surface area contributed by atoms with E-state index in [-0.39, 0.29) is 30.7 Å². The maximum Gasteiger partial charge on any atom is 0.221 e. The second kappa shape index (κ2) is 12.9. The van der Waals surface area contributed by atoms with Crippen LogP contribution >= 0.6 is 36.6 Å². The molecule has 4 nitrogen and oxygen atoms in total. The van der Waals surface area contributed by atoms with Crippen LogP contribution in [0.4, 0.5) is 0 Å². The van der Waals surface area contributed by atoms with Crippen molar-refractivity contribution < 1.29 is 4.79 Å². The molecule has 2 heterocycles. The number of amides is 1. The van der Waals surface area contributed by atoms with Gasteiger partial charge in [-0.1, -0.05) is 31.2 Å². The Morgan fingerprint density at radius 2 is 2.00 bits per heavy atom. The summed E-state index contributed by atoms with van der Waals surface area (Å²) in [7, 11) is 0. The van der Waals surface area contributed by atoms with Gasteiger partial charge in [0.05, 0.1) is 0 Å². The van der Waals surface area contributed by atoms with Crippen LogP contribution in [0.5, 0.6) is 0 Å². The lowest BCUT2D eigenvalue weighted by Crippen LogP contribution is -2.41. The Morgan fingerprint density at radius 1 is 1.26 bits per heavy atom. The minimum absolute atomic E-state index is 0. The molecule has 2 atom stereocenters. The average molecular weight is 434 g/mol. The van der Waals surface area contributed by atoms with Gasteiger partial charge in [0.2, 0.25) is 5.91 Å². The van der Waals surface area contributed by atoms with E-state index in [0.29, 0.717) is 19.0 Å². The molecule has 2 unspecified atom stereocenters. The number of benzene rings is 1. The number of rotatable bonds is 6. The van der Waals surface area contributed by atoms with Crippen molar-refractivity contribution in [3.05, 3.63) is 35.4 Å². The van der Waals surface area contributed by atoms with Gasteiger partial charge in [-0.15, -0.1) is 24.8 Å². The van der Waals surface area contributed by atoms with E-state index in [1.54, 1.807) is 0 Å². The van der Waals surface area contributed by atoms with Crippen molar-refractivity contribution in [2.75, 3.05) is 31.1 Å². The van der Waals surface area contributed by atoms with Gasteiger partial charge < -0.3 is 10.6 Å². The fourth-order valence-electron chi connectivity index (χ4n) is 3.70. The van der Waals surface area contributed by atoms with E-state index in [2.05, 4.69) is 46.7 Å². The zero-order valence-electron chi connectivity index (χ0n) is 16.1. The molecule has 2 saturated heterocycles. The van der Waals surface area contributed by atoms with Crippen molar-refractivity contribution in [3.8, 4) is 0 Å². The van der Waals surface area contributed by atoms with Crippen LogP contribution in [-0.4, -0.2) is 48.0 Å².